The number of hydrogen-bond donors (Lipinski definition) is 1. The van der Waals surface area contributed by atoms with Crippen LogP contribution in [0.1, 0.15) is 19.3 Å². The molecule has 0 radical (unpaired) electrons. The highest BCUT2D eigenvalue weighted by Crippen LogP contribution is 2.56. The molecule has 3 heteroatoms. The van der Waals surface area contributed by atoms with Crippen molar-refractivity contribution in [1.29, 1.82) is 0 Å². The second-order valence-corrected chi connectivity index (χ2v) is 6.14. The highest BCUT2D eigenvalue weighted by Gasteiger charge is 2.52. The van der Waals surface area contributed by atoms with E-state index in [2.05, 4.69) is 17.5 Å². The Morgan fingerprint density at radius 2 is 2.12 bits per heavy atom. The predicted octanol–water partition coefficient (Wildman–Crippen LogP) is 2.02. The van der Waals surface area contributed by atoms with Crippen molar-refractivity contribution in [3.63, 3.8) is 0 Å². The van der Waals surface area contributed by atoms with Crippen molar-refractivity contribution in [3.8, 4) is 0 Å². The first-order chi connectivity index (χ1) is 7.66. The summed E-state index contributed by atoms with van der Waals surface area (Å²) in [6.07, 6.45) is 8.94. The van der Waals surface area contributed by atoms with E-state index < -0.39 is 0 Å². The van der Waals surface area contributed by atoms with Crippen LogP contribution in [0.25, 0.3) is 0 Å². The van der Waals surface area contributed by atoms with Crippen molar-refractivity contribution in [1.82, 2.24) is 10.2 Å². The van der Waals surface area contributed by atoms with Gasteiger partial charge in [-0.05, 0) is 55.2 Å². The zero-order valence-electron chi connectivity index (χ0n) is 10.0. The fourth-order valence-corrected chi connectivity index (χ4v) is 4.15. The van der Waals surface area contributed by atoms with E-state index >= 15 is 0 Å². The predicted molar refractivity (Wildman–Crippen MR) is 70.2 cm³/mol. The summed E-state index contributed by atoms with van der Waals surface area (Å²) in [6, 6.07) is 0.629. The summed E-state index contributed by atoms with van der Waals surface area (Å²) in [4.78, 5) is 2.00. The average molecular weight is 236 g/mol. The average Bonchev–Trinajstić information content (AvgIpc) is 2.87. The molecule has 16 heavy (non-hydrogen) atoms. The number of thiocarbonyl (C=S) groups is 1. The van der Waals surface area contributed by atoms with E-state index in [0.717, 1.165) is 28.8 Å². The van der Waals surface area contributed by atoms with Crippen LogP contribution in [0.3, 0.4) is 0 Å². The molecule has 2 nitrogen and oxygen atoms in total. The van der Waals surface area contributed by atoms with Gasteiger partial charge < -0.3 is 10.2 Å². The molecule has 5 unspecified atom stereocenters. The minimum atomic E-state index is 0.629. The van der Waals surface area contributed by atoms with Crippen LogP contribution >= 0.6 is 12.2 Å². The van der Waals surface area contributed by atoms with Crippen LogP contribution in [0.15, 0.2) is 12.2 Å². The van der Waals surface area contributed by atoms with Gasteiger partial charge in [0.1, 0.15) is 0 Å². The first kappa shape index (κ1) is 10.6. The van der Waals surface area contributed by atoms with Gasteiger partial charge in [0.15, 0.2) is 5.11 Å². The molecular weight excluding hydrogens is 216 g/mol. The maximum atomic E-state index is 5.35. The highest BCUT2D eigenvalue weighted by atomic mass is 32.1. The standard InChI is InChI=1S/C13H20N2S/c1-15(2)13(16)14-12-7-8-6-11(12)10-5-3-4-9(8)10/h3,5,8-12H,4,6-7H2,1-2H3,(H,14,16). The minimum Gasteiger partial charge on any atom is -0.360 e. The first-order valence-corrected chi connectivity index (χ1v) is 6.72. The maximum absolute atomic E-state index is 5.35. The topological polar surface area (TPSA) is 15.3 Å². The molecule has 2 fully saturated rings. The molecule has 88 valence electrons. The van der Waals surface area contributed by atoms with E-state index in [1.54, 1.807) is 0 Å². The van der Waals surface area contributed by atoms with Crippen molar-refractivity contribution in [3.05, 3.63) is 12.2 Å². The third kappa shape index (κ3) is 1.48. The summed E-state index contributed by atoms with van der Waals surface area (Å²) in [7, 11) is 4.03. The van der Waals surface area contributed by atoms with Crippen molar-refractivity contribution in [2.45, 2.75) is 25.3 Å². The molecule has 0 aromatic carbocycles. The molecule has 3 rings (SSSR count). The third-order valence-corrected chi connectivity index (χ3v) is 5.21. The van der Waals surface area contributed by atoms with Crippen LogP contribution in [0.5, 0.6) is 0 Å². The highest BCUT2D eigenvalue weighted by molar-refractivity contribution is 7.80. The molecule has 3 aliphatic carbocycles. The third-order valence-electron chi connectivity index (χ3n) is 4.72. The second kappa shape index (κ2) is 3.73. The Morgan fingerprint density at radius 3 is 2.88 bits per heavy atom. The smallest absolute Gasteiger partial charge is 0.168 e. The summed E-state index contributed by atoms with van der Waals surface area (Å²) < 4.78 is 0. The molecule has 1 N–H and O–H groups in total. The molecule has 2 bridgehead atoms. The van der Waals surface area contributed by atoms with E-state index in [1.165, 1.54) is 19.3 Å². The molecule has 0 aromatic rings. The Kier molecular flexibility index (Phi) is 2.46. The number of hydrogen-bond acceptors (Lipinski definition) is 1. The van der Waals surface area contributed by atoms with Crippen LogP contribution in [0.4, 0.5) is 0 Å². The van der Waals surface area contributed by atoms with Gasteiger partial charge in [-0.25, -0.2) is 0 Å². The van der Waals surface area contributed by atoms with E-state index in [0.29, 0.717) is 6.04 Å². The quantitative estimate of drug-likeness (QED) is 0.554. The van der Waals surface area contributed by atoms with Gasteiger partial charge in [-0.3, -0.25) is 0 Å². The lowest BCUT2D eigenvalue weighted by atomic mass is 9.79. The number of fused-ring (bicyclic) bond motifs is 5. The fourth-order valence-electron chi connectivity index (χ4n) is 4.00. The lowest BCUT2D eigenvalue weighted by molar-refractivity contribution is 0.244. The molecule has 0 aromatic heterocycles. The summed E-state index contributed by atoms with van der Waals surface area (Å²) in [5, 5.41) is 4.44. The summed E-state index contributed by atoms with van der Waals surface area (Å²) >= 11 is 5.35. The monoisotopic (exact) mass is 236 g/mol. The van der Waals surface area contributed by atoms with Gasteiger partial charge in [0.05, 0.1) is 0 Å². The normalized spacial score (nSPS) is 43.5. The van der Waals surface area contributed by atoms with Crippen LogP contribution in [-0.2, 0) is 0 Å². The van der Waals surface area contributed by atoms with Crippen LogP contribution in [0.2, 0.25) is 0 Å². The zero-order chi connectivity index (χ0) is 11.3. The van der Waals surface area contributed by atoms with Gasteiger partial charge in [0.2, 0.25) is 0 Å². The van der Waals surface area contributed by atoms with Crippen molar-refractivity contribution in [2.24, 2.45) is 23.7 Å². The van der Waals surface area contributed by atoms with Crippen LogP contribution in [-0.4, -0.2) is 30.1 Å². The molecule has 5 atom stereocenters. The Morgan fingerprint density at radius 1 is 1.31 bits per heavy atom. The lowest BCUT2D eigenvalue weighted by Gasteiger charge is -2.33. The summed E-state index contributed by atoms with van der Waals surface area (Å²) in [5.41, 5.74) is 0. The maximum Gasteiger partial charge on any atom is 0.168 e. The Bertz CT molecular complexity index is 337. The minimum absolute atomic E-state index is 0.629. The van der Waals surface area contributed by atoms with Crippen molar-refractivity contribution >= 4 is 17.3 Å². The molecule has 0 heterocycles. The SMILES string of the molecule is CN(C)C(=S)NC1CC2CC1C1C=CCC21. The molecule has 2 saturated carbocycles. The van der Waals surface area contributed by atoms with E-state index in [4.69, 9.17) is 12.2 Å². The number of nitrogens with zero attached hydrogens (tertiary/aromatic N) is 1. The fraction of sp³-hybridized carbons (Fsp3) is 0.769. The molecule has 3 aliphatic rings. The van der Waals surface area contributed by atoms with Gasteiger partial charge >= 0.3 is 0 Å². The summed E-state index contributed by atoms with van der Waals surface area (Å²) in [6.45, 7) is 0. The van der Waals surface area contributed by atoms with Crippen molar-refractivity contribution < 1.29 is 0 Å². The first-order valence-electron chi connectivity index (χ1n) is 6.31. The Labute approximate surface area is 103 Å². The van der Waals surface area contributed by atoms with Crippen molar-refractivity contribution in [2.75, 3.05) is 14.1 Å². The second-order valence-electron chi connectivity index (χ2n) is 5.75. The Hall–Kier alpha value is -0.570. The molecule has 0 aliphatic heterocycles. The lowest BCUT2D eigenvalue weighted by Crippen LogP contribution is -2.46. The van der Waals surface area contributed by atoms with E-state index in [1.807, 2.05) is 19.0 Å². The van der Waals surface area contributed by atoms with Crippen LogP contribution < -0.4 is 5.32 Å². The summed E-state index contributed by atoms with van der Waals surface area (Å²) in [5.74, 6) is 3.61. The molecule has 0 amide bonds. The van der Waals surface area contributed by atoms with Gasteiger partial charge in [-0.2, -0.15) is 0 Å². The zero-order valence-corrected chi connectivity index (χ0v) is 10.8. The molecule has 0 spiro atoms. The van der Waals surface area contributed by atoms with Gasteiger partial charge in [-0.15, -0.1) is 0 Å². The van der Waals surface area contributed by atoms with E-state index in [9.17, 15) is 0 Å². The number of nitrogens with one attached hydrogen (secondary N) is 1. The largest absolute Gasteiger partial charge is 0.360 e. The van der Waals surface area contributed by atoms with Crippen LogP contribution in [0, 0.1) is 23.7 Å². The molecular formula is C13H20N2S. The van der Waals surface area contributed by atoms with Gasteiger partial charge in [0, 0.05) is 20.1 Å². The Balaban J connectivity index is 1.68. The van der Waals surface area contributed by atoms with E-state index in [-0.39, 0.29) is 0 Å². The molecule has 0 saturated heterocycles. The number of allylic oxidation sites excluding steroid dienone is 2. The number of rotatable bonds is 1. The van der Waals surface area contributed by atoms with Gasteiger partial charge in [-0.1, -0.05) is 12.2 Å². The van der Waals surface area contributed by atoms with Gasteiger partial charge in [0.25, 0.3) is 0 Å².